The van der Waals surface area contributed by atoms with Crippen LogP contribution in [-0.2, 0) is 19.1 Å². The van der Waals surface area contributed by atoms with Crippen LogP contribution in [0.1, 0.15) is 52.9 Å². The predicted molar refractivity (Wildman–Crippen MR) is 104 cm³/mol. The number of carbonyl (C=O) groups excluding carboxylic acids is 2. The topological polar surface area (TPSA) is 113 Å². The molecule has 0 saturated carbocycles. The Hall–Kier alpha value is -1.70. The number of esters is 2. The van der Waals surface area contributed by atoms with E-state index in [1.807, 2.05) is 6.92 Å². The second-order valence-corrected chi connectivity index (χ2v) is 6.57. The van der Waals surface area contributed by atoms with Crippen LogP contribution in [0, 0.1) is 5.41 Å². The average Bonchev–Trinajstić information content (AvgIpc) is 2.66. The molecule has 0 heterocycles. The summed E-state index contributed by atoms with van der Waals surface area (Å²) in [6, 6.07) is 0. The first-order valence-electron chi connectivity index (χ1n) is 9.17. The van der Waals surface area contributed by atoms with Crippen LogP contribution < -0.4 is 0 Å². The van der Waals surface area contributed by atoms with Gasteiger partial charge >= 0.3 is 11.9 Å². The normalized spacial score (nSPS) is 10.4. The van der Waals surface area contributed by atoms with Crippen LogP contribution in [0.3, 0.4) is 0 Å². The second kappa shape index (κ2) is 16.5. The molecule has 7 nitrogen and oxygen atoms in total. The number of ether oxygens (including phenoxy) is 2. The Morgan fingerprint density at radius 2 is 1.11 bits per heavy atom. The summed E-state index contributed by atoms with van der Waals surface area (Å²) in [7, 11) is 0. The van der Waals surface area contributed by atoms with E-state index in [0.29, 0.717) is 30.8 Å². The fraction of sp³-hybridized carbons (Fsp3) is 0.700. The van der Waals surface area contributed by atoms with Gasteiger partial charge in [-0.3, -0.25) is 0 Å². The van der Waals surface area contributed by atoms with Gasteiger partial charge in [-0.25, -0.2) is 9.59 Å². The number of hydrogen-bond acceptors (Lipinski definition) is 7. The Morgan fingerprint density at radius 3 is 1.30 bits per heavy atom. The van der Waals surface area contributed by atoms with Gasteiger partial charge < -0.3 is 24.8 Å². The van der Waals surface area contributed by atoms with Gasteiger partial charge in [-0.15, -0.1) is 0 Å². The monoisotopic (exact) mass is 388 g/mol. The van der Waals surface area contributed by atoms with Crippen molar-refractivity contribution >= 4 is 11.9 Å². The molecule has 0 unspecified atom stereocenters. The molecule has 0 saturated heterocycles. The molecule has 27 heavy (non-hydrogen) atoms. The molecular formula is C20H36O7. The van der Waals surface area contributed by atoms with Gasteiger partial charge in [-0.1, -0.05) is 20.1 Å². The highest BCUT2D eigenvalue weighted by Gasteiger charge is 2.24. The lowest BCUT2D eigenvalue weighted by molar-refractivity contribution is -0.140. The standard InChI is InChI=1S/C14H22O4.C6H14O3/c1-11(2)13(15)17-9-7-5-6-8-10-18-14(16)12(3)4;1-2-6(3-7,4-8)5-9/h1,3,5-10H2,2,4H3;7-9H,2-5H2,1H3. The van der Waals surface area contributed by atoms with Gasteiger partial charge in [0.05, 0.1) is 33.0 Å². The van der Waals surface area contributed by atoms with Gasteiger partial charge in [0.15, 0.2) is 0 Å². The molecule has 0 radical (unpaired) electrons. The van der Waals surface area contributed by atoms with E-state index >= 15 is 0 Å². The molecule has 0 aromatic rings. The van der Waals surface area contributed by atoms with Gasteiger partial charge in [0.25, 0.3) is 0 Å². The molecular weight excluding hydrogens is 352 g/mol. The minimum Gasteiger partial charge on any atom is -0.462 e. The van der Waals surface area contributed by atoms with Crippen molar-refractivity contribution in [3.63, 3.8) is 0 Å². The number of aliphatic hydroxyl groups excluding tert-OH is 3. The SMILES string of the molecule is C=C(C)C(=O)OCCCCCCOC(=O)C(=C)C.CCC(CO)(CO)CO. The van der Waals surface area contributed by atoms with Crippen molar-refractivity contribution in [2.75, 3.05) is 33.0 Å². The summed E-state index contributed by atoms with van der Waals surface area (Å²) in [6.45, 7) is 12.4. The van der Waals surface area contributed by atoms with Crippen LogP contribution in [0.5, 0.6) is 0 Å². The number of rotatable bonds is 13. The minimum absolute atomic E-state index is 0.156. The van der Waals surface area contributed by atoms with Crippen LogP contribution in [0.4, 0.5) is 0 Å². The Balaban J connectivity index is 0. The lowest BCUT2D eigenvalue weighted by atomic mass is 9.88. The summed E-state index contributed by atoms with van der Waals surface area (Å²) in [4.78, 5) is 22.1. The molecule has 0 rings (SSSR count). The molecule has 0 fully saturated rings. The van der Waals surface area contributed by atoms with Gasteiger partial charge in [0, 0.05) is 16.6 Å². The lowest BCUT2D eigenvalue weighted by Crippen LogP contribution is -2.32. The first-order chi connectivity index (χ1) is 12.7. The van der Waals surface area contributed by atoms with E-state index in [9.17, 15) is 9.59 Å². The second-order valence-electron chi connectivity index (χ2n) is 6.57. The van der Waals surface area contributed by atoms with Crippen LogP contribution in [0.25, 0.3) is 0 Å². The summed E-state index contributed by atoms with van der Waals surface area (Å²) in [5, 5.41) is 26.0. The fourth-order valence-electron chi connectivity index (χ4n) is 1.62. The third kappa shape index (κ3) is 14.1. The zero-order valence-electron chi connectivity index (χ0n) is 17.0. The molecule has 0 amide bonds. The van der Waals surface area contributed by atoms with Crippen molar-refractivity contribution in [1.82, 2.24) is 0 Å². The number of aliphatic hydroxyl groups is 3. The zero-order valence-corrected chi connectivity index (χ0v) is 17.0. The number of hydrogen-bond donors (Lipinski definition) is 3. The fourth-order valence-corrected chi connectivity index (χ4v) is 1.62. The summed E-state index contributed by atoms with van der Waals surface area (Å²) in [5.74, 6) is -0.684. The van der Waals surface area contributed by atoms with Crippen LogP contribution >= 0.6 is 0 Å². The smallest absolute Gasteiger partial charge is 0.333 e. The van der Waals surface area contributed by atoms with Crippen molar-refractivity contribution in [2.45, 2.75) is 52.9 Å². The Morgan fingerprint density at radius 1 is 0.778 bits per heavy atom. The quantitative estimate of drug-likeness (QED) is 0.252. The molecule has 0 atom stereocenters. The van der Waals surface area contributed by atoms with E-state index < -0.39 is 5.41 Å². The van der Waals surface area contributed by atoms with Gasteiger partial charge in [0.2, 0.25) is 0 Å². The van der Waals surface area contributed by atoms with Crippen LogP contribution in [0.2, 0.25) is 0 Å². The Labute approximate surface area is 162 Å². The highest BCUT2D eigenvalue weighted by molar-refractivity contribution is 5.87. The first-order valence-corrected chi connectivity index (χ1v) is 9.17. The predicted octanol–water partition coefficient (Wildman–Crippen LogP) is 2.15. The third-order valence-electron chi connectivity index (χ3n) is 3.96. The van der Waals surface area contributed by atoms with Crippen molar-refractivity contribution < 1.29 is 34.4 Å². The number of unbranched alkanes of at least 4 members (excludes halogenated alkanes) is 3. The Bertz CT molecular complexity index is 404. The minimum atomic E-state index is -0.667. The maximum absolute atomic E-state index is 11.0. The highest BCUT2D eigenvalue weighted by atomic mass is 16.5. The summed E-state index contributed by atoms with van der Waals surface area (Å²) >= 11 is 0. The zero-order chi connectivity index (χ0) is 21.3. The highest BCUT2D eigenvalue weighted by Crippen LogP contribution is 2.18. The van der Waals surface area contributed by atoms with E-state index in [1.165, 1.54) is 0 Å². The molecule has 0 spiro atoms. The average molecular weight is 389 g/mol. The summed E-state index contributed by atoms with van der Waals surface area (Å²) in [6.07, 6.45) is 4.10. The molecule has 0 aromatic carbocycles. The van der Waals surface area contributed by atoms with Gasteiger partial charge in [-0.05, 0) is 46.0 Å². The molecule has 0 aliphatic carbocycles. The van der Waals surface area contributed by atoms with E-state index in [0.717, 1.165) is 25.7 Å². The Kier molecular flexibility index (Phi) is 16.8. The van der Waals surface area contributed by atoms with E-state index in [-0.39, 0.29) is 31.8 Å². The van der Waals surface area contributed by atoms with Crippen LogP contribution in [-0.4, -0.2) is 60.3 Å². The van der Waals surface area contributed by atoms with Crippen molar-refractivity contribution in [1.29, 1.82) is 0 Å². The summed E-state index contributed by atoms with van der Waals surface area (Å²) < 4.78 is 9.89. The van der Waals surface area contributed by atoms with Crippen molar-refractivity contribution in [3.05, 3.63) is 24.3 Å². The van der Waals surface area contributed by atoms with Gasteiger partial charge in [-0.2, -0.15) is 0 Å². The molecule has 158 valence electrons. The van der Waals surface area contributed by atoms with E-state index in [4.69, 9.17) is 24.8 Å². The van der Waals surface area contributed by atoms with E-state index in [1.54, 1.807) is 13.8 Å². The molecule has 3 N–H and O–H groups in total. The maximum atomic E-state index is 11.0. The molecule has 7 heteroatoms. The molecule has 0 aliphatic rings. The van der Waals surface area contributed by atoms with Crippen molar-refractivity contribution in [2.24, 2.45) is 5.41 Å². The number of carbonyl (C=O) groups is 2. The summed E-state index contributed by atoms with van der Waals surface area (Å²) in [5.41, 5.74) is 0.170. The maximum Gasteiger partial charge on any atom is 0.333 e. The van der Waals surface area contributed by atoms with E-state index in [2.05, 4.69) is 13.2 Å². The largest absolute Gasteiger partial charge is 0.462 e. The lowest BCUT2D eigenvalue weighted by Gasteiger charge is -2.24. The third-order valence-corrected chi connectivity index (χ3v) is 3.96. The van der Waals surface area contributed by atoms with Crippen molar-refractivity contribution in [3.8, 4) is 0 Å². The molecule has 0 aromatic heterocycles. The van der Waals surface area contributed by atoms with Gasteiger partial charge in [0.1, 0.15) is 0 Å². The molecule has 0 aliphatic heterocycles. The van der Waals surface area contributed by atoms with Crippen LogP contribution in [0.15, 0.2) is 24.3 Å². The first kappa shape index (κ1) is 27.5. The molecule has 0 bridgehead atoms.